The Balaban J connectivity index is 0.00000226. The van der Waals surface area contributed by atoms with Gasteiger partial charge < -0.3 is 23.7 Å². The Morgan fingerprint density at radius 2 is 1.33 bits per heavy atom. The maximum absolute atomic E-state index is 13.4. The number of para-hydroxylation sites is 1. The minimum Gasteiger partial charge on any atom is -0.504 e. The molecule has 0 fully saturated rings. The first-order chi connectivity index (χ1) is 22.0. The average Bonchev–Trinajstić information content (AvgIpc) is 3.08. The quantitative estimate of drug-likeness (QED) is 0.112. The van der Waals surface area contributed by atoms with E-state index in [1.54, 1.807) is 30.3 Å². The standard InChI is InChI=1S/C35H30O8.C2H6/c36-28-20-19-26(21-30(28)40-22-24-11-3-1-4-12-24)34-35(33(39)27-15-7-8-16-29(27)42-34)43-32(38)18-10-9-17-31(37)41-23-25-13-5-2-6-14-25;1-2/h1-8,11-16,19-21,36H,9-10,17-18,22-23H2;1-2H3. The summed E-state index contributed by atoms with van der Waals surface area (Å²) in [5, 5.41) is 10.7. The van der Waals surface area contributed by atoms with Gasteiger partial charge in [-0.05, 0) is 54.3 Å². The number of benzene rings is 4. The second kappa shape index (κ2) is 16.5. The summed E-state index contributed by atoms with van der Waals surface area (Å²) in [5.74, 6) is -1.14. The first-order valence-corrected chi connectivity index (χ1v) is 14.9. The van der Waals surface area contributed by atoms with Crippen LogP contribution < -0.4 is 14.9 Å². The van der Waals surface area contributed by atoms with E-state index in [9.17, 15) is 19.5 Å². The Bertz CT molecular complexity index is 1760. The number of hydrogen-bond donors (Lipinski definition) is 1. The van der Waals surface area contributed by atoms with Gasteiger partial charge in [-0.15, -0.1) is 0 Å². The normalized spacial score (nSPS) is 10.4. The summed E-state index contributed by atoms with van der Waals surface area (Å²) in [7, 11) is 0. The summed E-state index contributed by atoms with van der Waals surface area (Å²) >= 11 is 0. The smallest absolute Gasteiger partial charge is 0.311 e. The number of phenols is 1. The largest absolute Gasteiger partial charge is 0.504 e. The van der Waals surface area contributed by atoms with Crippen molar-refractivity contribution in [3.05, 3.63) is 124 Å². The van der Waals surface area contributed by atoms with Crippen LogP contribution in [-0.4, -0.2) is 17.0 Å². The van der Waals surface area contributed by atoms with E-state index in [1.807, 2.05) is 74.5 Å². The Morgan fingerprint density at radius 3 is 2.02 bits per heavy atom. The highest BCUT2D eigenvalue weighted by Crippen LogP contribution is 2.37. The van der Waals surface area contributed by atoms with Crippen LogP contribution in [0.15, 0.2) is 112 Å². The molecule has 45 heavy (non-hydrogen) atoms. The van der Waals surface area contributed by atoms with Gasteiger partial charge in [-0.3, -0.25) is 14.4 Å². The molecule has 0 saturated carbocycles. The van der Waals surface area contributed by atoms with Gasteiger partial charge >= 0.3 is 11.9 Å². The molecule has 0 amide bonds. The first kappa shape index (κ1) is 32.5. The molecule has 0 saturated heterocycles. The number of carbonyl (C=O) groups excluding carboxylic acids is 2. The van der Waals surface area contributed by atoms with E-state index in [-0.39, 0.29) is 60.4 Å². The van der Waals surface area contributed by atoms with Crippen LogP contribution >= 0.6 is 0 Å². The number of unbranched alkanes of at least 4 members (excludes halogenated alkanes) is 1. The molecule has 0 aliphatic heterocycles. The summed E-state index contributed by atoms with van der Waals surface area (Å²) in [6.45, 7) is 4.40. The van der Waals surface area contributed by atoms with Crippen molar-refractivity contribution in [3.8, 4) is 28.6 Å². The fourth-order valence-corrected chi connectivity index (χ4v) is 4.43. The van der Waals surface area contributed by atoms with Gasteiger partial charge in [0.05, 0.1) is 5.39 Å². The zero-order valence-corrected chi connectivity index (χ0v) is 25.4. The zero-order valence-electron chi connectivity index (χ0n) is 25.4. The molecule has 0 unspecified atom stereocenters. The molecule has 0 spiro atoms. The van der Waals surface area contributed by atoms with Crippen molar-refractivity contribution in [2.75, 3.05) is 0 Å². The minimum atomic E-state index is -0.638. The van der Waals surface area contributed by atoms with Crippen molar-refractivity contribution >= 4 is 22.9 Å². The van der Waals surface area contributed by atoms with Crippen molar-refractivity contribution in [1.29, 1.82) is 0 Å². The van der Waals surface area contributed by atoms with Crippen LogP contribution in [0.5, 0.6) is 17.2 Å². The predicted octanol–water partition coefficient (Wildman–Crippen LogP) is 7.98. The molecule has 8 heteroatoms. The molecular weight excluding hydrogens is 572 g/mol. The van der Waals surface area contributed by atoms with E-state index in [1.165, 1.54) is 12.1 Å². The second-order valence-electron chi connectivity index (χ2n) is 9.87. The molecule has 0 radical (unpaired) electrons. The van der Waals surface area contributed by atoms with Gasteiger partial charge in [0.2, 0.25) is 11.2 Å². The lowest BCUT2D eigenvalue weighted by Crippen LogP contribution is -2.16. The third-order valence-corrected chi connectivity index (χ3v) is 6.69. The van der Waals surface area contributed by atoms with E-state index < -0.39 is 11.4 Å². The second-order valence-corrected chi connectivity index (χ2v) is 9.87. The van der Waals surface area contributed by atoms with Gasteiger partial charge in [-0.2, -0.15) is 0 Å². The lowest BCUT2D eigenvalue weighted by molar-refractivity contribution is -0.145. The van der Waals surface area contributed by atoms with Crippen molar-refractivity contribution in [2.45, 2.75) is 52.7 Å². The fourth-order valence-electron chi connectivity index (χ4n) is 4.43. The van der Waals surface area contributed by atoms with Crippen LogP contribution in [0, 0.1) is 0 Å². The summed E-state index contributed by atoms with van der Waals surface area (Å²) in [4.78, 5) is 38.4. The topological polar surface area (TPSA) is 112 Å². The van der Waals surface area contributed by atoms with Crippen LogP contribution in [-0.2, 0) is 27.5 Å². The number of rotatable bonds is 12. The Hall–Kier alpha value is -5.37. The van der Waals surface area contributed by atoms with Crippen molar-refractivity contribution in [2.24, 2.45) is 0 Å². The minimum absolute atomic E-state index is 0.0152. The summed E-state index contributed by atoms with van der Waals surface area (Å²) < 4.78 is 22.8. The van der Waals surface area contributed by atoms with Crippen LogP contribution in [0.1, 0.15) is 50.7 Å². The van der Waals surface area contributed by atoms with Crippen LogP contribution in [0.2, 0.25) is 0 Å². The molecule has 1 heterocycles. The molecule has 0 atom stereocenters. The van der Waals surface area contributed by atoms with E-state index in [4.69, 9.17) is 18.6 Å². The lowest BCUT2D eigenvalue weighted by Gasteiger charge is -2.13. The van der Waals surface area contributed by atoms with Crippen molar-refractivity contribution < 1.29 is 33.3 Å². The van der Waals surface area contributed by atoms with Gasteiger partial charge in [-0.25, -0.2) is 0 Å². The zero-order chi connectivity index (χ0) is 32.0. The Labute approximate surface area is 261 Å². The average molecular weight is 609 g/mol. The van der Waals surface area contributed by atoms with E-state index in [2.05, 4.69) is 0 Å². The summed E-state index contributed by atoms with van der Waals surface area (Å²) in [6, 6.07) is 30.0. The van der Waals surface area contributed by atoms with E-state index >= 15 is 0 Å². The third-order valence-electron chi connectivity index (χ3n) is 6.69. The number of ether oxygens (including phenoxy) is 3. The van der Waals surface area contributed by atoms with Gasteiger partial charge in [-0.1, -0.05) is 86.6 Å². The maximum atomic E-state index is 13.4. The number of hydrogen-bond acceptors (Lipinski definition) is 8. The van der Waals surface area contributed by atoms with E-state index in [0.29, 0.717) is 24.0 Å². The van der Waals surface area contributed by atoms with Crippen LogP contribution in [0.3, 0.4) is 0 Å². The highest BCUT2D eigenvalue weighted by Gasteiger charge is 2.22. The fraction of sp³-hybridized carbons (Fsp3) is 0.216. The number of aromatic hydroxyl groups is 1. The molecule has 0 aliphatic rings. The molecule has 5 aromatic rings. The number of fused-ring (bicyclic) bond motifs is 1. The SMILES string of the molecule is CC.O=C(CCCCC(=O)Oc1c(-c2ccc(O)c(OCc3ccccc3)c2)oc2ccccc2c1=O)OCc1ccccc1. The molecule has 0 aliphatic carbocycles. The van der Waals surface area contributed by atoms with Crippen LogP contribution in [0.4, 0.5) is 0 Å². The number of carbonyl (C=O) groups is 2. The van der Waals surface area contributed by atoms with Crippen molar-refractivity contribution in [3.63, 3.8) is 0 Å². The third kappa shape index (κ3) is 9.06. The molecule has 8 nitrogen and oxygen atoms in total. The van der Waals surface area contributed by atoms with Gasteiger partial charge in [0.25, 0.3) is 0 Å². The van der Waals surface area contributed by atoms with Gasteiger partial charge in [0, 0.05) is 18.4 Å². The summed E-state index contributed by atoms with van der Waals surface area (Å²) in [5.41, 5.74) is 2.00. The molecule has 232 valence electrons. The predicted molar refractivity (Wildman–Crippen MR) is 172 cm³/mol. The summed E-state index contributed by atoms with van der Waals surface area (Å²) in [6.07, 6.45) is 0.924. The molecule has 4 aromatic carbocycles. The molecular formula is C37H36O8. The molecule has 1 aromatic heterocycles. The lowest BCUT2D eigenvalue weighted by atomic mass is 10.1. The Morgan fingerprint density at radius 1 is 0.733 bits per heavy atom. The highest BCUT2D eigenvalue weighted by atomic mass is 16.5. The first-order valence-electron chi connectivity index (χ1n) is 14.9. The number of phenolic OH excluding ortho intramolecular Hbond substituents is 1. The van der Waals surface area contributed by atoms with E-state index in [0.717, 1.165) is 11.1 Å². The number of esters is 2. The molecule has 0 bridgehead atoms. The Kier molecular flexibility index (Phi) is 11.9. The highest BCUT2D eigenvalue weighted by molar-refractivity contribution is 5.84. The molecule has 1 N–H and O–H groups in total. The van der Waals surface area contributed by atoms with Gasteiger partial charge in [0.1, 0.15) is 18.8 Å². The monoisotopic (exact) mass is 608 g/mol. The van der Waals surface area contributed by atoms with Gasteiger partial charge in [0.15, 0.2) is 17.3 Å². The van der Waals surface area contributed by atoms with Crippen molar-refractivity contribution in [1.82, 2.24) is 0 Å². The van der Waals surface area contributed by atoms with Crippen LogP contribution in [0.25, 0.3) is 22.3 Å². The maximum Gasteiger partial charge on any atom is 0.311 e. The molecule has 5 rings (SSSR count).